The third kappa shape index (κ3) is 3.87. The summed E-state index contributed by atoms with van der Waals surface area (Å²) in [6.45, 7) is 1.79. The van der Waals surface area contributed by atoms with E-state index in [0.717, 1.165) is 10.5 Å². The molecule has 0 radical (unpaired) electrons. The average molecular weight is 466 g/mol. The van der Waals surface area contributed by atoms with E-state index >= 15 is 0 Å². The molecule has 1 saturated heterocycles. The van der Waals surface area contributed by atoms with Crippen molar-refractivity contribution in [1.82, 2.24) is 0 Å². The number of rotatable bonds is 4. The molecule has 1 atom stereocenters. The van der Waals surface area contributed by atoms with E-state index < -0.39 is 23.5 Å². The minimum Gasteiger partial charge on any atom is -0.508 e. The zero-order chi connectivity index (χ0) is 23.9. The number of carbonyl (C=O) groups is 2. The van der Waals surface area contributed by atoms with E-state index in [-0.39, 0.29) is 34.1 Å². The van der Waals surface area contributed by atoms with Crippen molar-refractivity contribution in [2.45, 2.75) is 13.0 Å². The Hall–Kier alpha value is -3.97. The summed E-state index contributed by atoms with van der Waals surface area (Å²) in [5, 5.41) is 31.7. The molecule has 1 amide bonds. The van der Waals surface area contributed by atoms with Crippen LogP contribution in [0, 0.1) is 6.92 Å². The highest BCUT2D eigenvalue weighted by Crippen LogP contribution is 2.45. The lowest BCUT2D eigenvalue weighted by Crippen LogP contribution is -2.29. The van der Waals surface area contributed by atoms with Crippen molar-refractivity contribution in [2.75, 3.05) is 12.0 Å². The fraction of sp³-hybridized carbons (Fsp3) is 0.120. The van der Waals surface area contributed by atoms with Gasteiger partial charge in [0.25, 0.3) is 11.7 Å². The molecule has 4 rings (SSSR count). The highest BCUT2D eigenvalue weighted by Gasteiger charge is 2.47. The van der Waals surface area contributed by atoms with Gasteiger partial charge < -0.3 is 20.1 Å². The van der Waals surface area contributed by atoms with Gasteiger partial charge in [0.15, 0.2) is 0 Å². The van der Waals surface area contributed by atoms with E-state index in [2.05, 4.69) is 0 Å². The monoisotopic (exact) mass is 465 g/mol. The number of phenolic OH excluding ortho intramolecular Hbond substituents is 2. The number of hydrogen-bond donors (Lipinski definition) is 3. The minimum absolute atomic E-state index is 0.00320. The molecular weight excluding hydrogens is 446 g/mol. The normalized spacial score (nSPS) is 17.4. The number of amides is 1. The predicted molar refractivity (Wildman–Crippen MR) is 124 cm³/mol. The Balaban J connectivity index is 1.98. The molecule has 0 saturated carbocycles. The van der Waals surface area contributed by atoms with Crippen molar-refractivity contribution < 1.29 is 29.6 Å². The van der Waals surface area contributed by atoms with Crippen LogP contribution in [0.3, 0.4) is 0 Å². The van der Waals surface area contributed by atoms with E-state index in [1.54, 1.807) is 31.2 Å². The SMILES string of the molecule is COc1cc(/C(O)=C2/C(=O)C(=O)N(c3cc(C)ccc3O)C2c2ccc(O)cc2)ccc1Cl. The summed E-state index contributed by atoms with van der Waals surface area (Å²) in [4.78, 5) is 27.5. The van der Waals surface area contributed by atoms with Gasteiger partial charge in [0.2, 0.25) is 0 Å². The standard InChI is InChI=1S/C25H20ClNO6/c1-13-3-10-19(29)18(11-13)27-22(14-4-7-16(28)8-5-14)21(24(31)25(27)32)23(30)15-6-9-17(26)20(12-15)33-2/h3-12,22,28-30H,1-2H3/b23-21-. The molecule has 0 aromatic heterocycles. The van der Waals surface area contributed by atoms with Crippen molar-refractivity contribution >= 4 is 34.7 Å². The summed E-state index contributed by atoms with van der Waals surface area (Å²) in [5.74, 6) is -2.16. The minimum atomic E-state index is -1.06. The van der Waals surface area contributed by atoms with Gasteiger partial charge in [-0.3, -0.25) is 14.5 Å². The number of ketones is 1. The summed E-state index contributed by atoms with van der Waals surface area (Å²) in [7, 11) is 1.42. The fourth-order valence-electron chi connectivity index (χ4n) is 3.84. The van der Waals surface area contributed by atoms with Crippen LogP contribution in [0.2, 0.25) is 5.02 Å². The second-order valence-corrected chi connectivity index (χ2v) is 8.01. The second-order valence-electron chi connectivity index (χ2n) is 7.60. The van der Waals surface area contributed by atoms with Gasteiger partial charge in [0.1, 0.15) is 23.0 Å². The molecule has 33 heavy (non-hydrogen) atoms. The van der Waals surface area contributed by atoms with Crippen LogP contribution in [-0.4, -0.2) is 34.1 Å². The lowest BCUT2D eigenvalue weighted by atomic mass is 9.95. The van der Waals surface area contributed by atoms with Crippen LogP contribution in [0.15, 0.2) is 66.2 Å². The van der Waals surface area contributed by atoms with Crippen LogP contribution in [0.1, 0.15) is 22.7 Å². The number of Topliss-reactive ketones (excluding diaryl/α,β-unsaturated/α-hetero) is 1. The molecule has 1 fully saturated rings. The molecule has 1 unspecified atom stereocenters. The highest BCUT2D eigenvalue weighted by molar-refractivity contribution is 6.52. The fourth-order valence-corrected chi connectivity index (χ4v) is 4.04. The van der Waals surface area contributed by atoms with Crippen molar-refractivity contribution in [1.29, 1.82) is 0 Å². The predicted octanol–water partition coefficient (Wildman–Crippen LogP) is 4.69. The number of hydrogen-bond acceptors (Lipinski definition) is 6. The smallest absolute Gasteiger partial charge is 0.300 e. The molecule has 3 N–H and O–H groups in total. The molecule has 1 heterocycles. The van der Waals surface area contributed by atoms with Crippen molar-refractivity contribution in [3.05, 3.63) is 87.9 Å². The van der Waals surface area contributed by atoms with Crippen LogP contribution in [-0.2, 0) is 9.59 Å². The van der Waals surface area contributed by atoms with Crippen LogP contribution in [0.4, 0.5) is 5.69 Å². The summed E-state index contributed by atoms with van der Waals surface area (Å²) >= 11 is 6.08. The van der Waals surface area contributed by atoms with E-state index in [0.29, 0.717) is 10.6 Å². The molecule has 0 aliphatic carbocycles. The number of aromatic hydroxyl groups is 2. The Bertz CT molecular complexity index is 1300. The molecule has 3 aromatic rings. The van der Waals surface area contributed by atoms with Crippen molar-refractivity contribution in [2.24, 2.45) is 0 Å². The topological polar surface area (TPSA) is 107 Å². The molecule has 168 valence electrons. The quantitative estimate of drug-likeness (QED) is 0.293. The lowest BCUT2D eigenvalue weighted by Gasteiger charge is -2.26. The lowest BCUT2D eigenvalue weighted by molar-refractivity contribution is -0.132. The summed E-state index contributed by atoms with van der Waals surface area (Å²) in [6, 6.07) is 14.0. The van der Waals surface area contributed by atoms with Crippen LogP contribution in [0.5, 0.6) is 17.2 Å². The Morgan fingerprint density at radius 1 is 1.00 bits per heavy atom. The Kier molecular flexibility index (Phi) is 5.74. The molecule has 1 aliphatic rings. The molecule has 1 aliphatic heterocycles. The Morgan fingerprint density at radius 2 is 1.70 bits per heavy atom. The van der Waals surface area contributed by atoms with Gasteiger partial charge in [-0.05, 0) is 60.5 Å². The van der Waals surface area contributed by atoms with Crippen molar-refractivity contribution in [3.8, 4) is 17.2 Å². The molecule has 7 nitrogen and oxygen atoms in total. The number of aliphatic hydroxyl groups excluding tert-OH is 1. The third-order valence-corrected chi connectivity index (χ3v) is 5.78. The van der Waals surface area contributed by atoms with Crippen molar-refractivity contribution in [3.63, 3.8) is 0 Å². The van der Waals surface area contributed by atoms with Crippen LogP contribution >= 0.6 is 11.6 Å². The maximum Gasteiger partial charge on any atom is 0.300 e. The summed E-state index contributed by atoms with van der Waals surface area (Å²) in [5.41, 5.74) is 1.40. The zero-order valence-corrected chi connectivity index (χ0v) is 18.5. The Morgan fingerprint density at radius 3 is 2.36 bits per heavy atom. The van der Waals surface area contributed by atoms with E-state index in [9.17, 15) is 24.9 Å². The molecular formula is C25H20ClNO6. The van der Waals surface area contributed by atoms with Gasteiger partial charge in [0.05, 0.1) is 29.4 Å². The number of benzene rings is 3. The number of aryl methyl sites for hydroxylation is 1. The maximum absolute atomic E-state index is 13.2. The molecule has 3 aromatic carbocycles. The molecule has 0 bridgehead atoms. The number of carbonyl (C=O) groups excluding carboxylic acids is 2. The Labute approximate surface area is 194 Å². The highest BCUT2D eigenvalue weighted by atomic mass is 35.5. The largest absolute Gasteiger partial charge is 0.508 e. The first-order valence-corrected chi connectivity index (χ1v) is 10.3. The number of methoxy groups -OCH3 is 1. The first kappa shape index (κ1) is 22.2. The second kappa shape index (κ2) is 8.52. The van der Waals surface area contributed by atoms with Gasteiger partial charge in [-0.1, -0.05) is 29.8 Å². The van der Waals surface area contributed by atoms with E-state index in [1.807, 2.05) is 0 Å². The van der Waals surface area contributed by atoms with E-state index in [1.165, 1.54) is 43.5 Å². The third-order valence-electron chi connectivity index (χ3n) is 5.47. The van der Waals surface area contributed by atoms with Gasteiger partial charge in [-0.25, -0.2) is 0 Å². The molecule has 0 spiro atoms. The van der Waals surface area contributed by atoms with Gasteiger partial charge in [-0.15, -0.1) is 0 Å². The number of anilines is 1. The van der Waals surface area contributed by atoms with Gasteiger partial charge in [0, 0.05) is 5.56 Å². The maximum atomic E-state index is 13.2. The van der Waals surface area contributed by atoms with Crippen LogP contribution < -0.4 is 9.64 Å². The number of nitrogens with zero attached hydrogens (tertiary/aromatic N) is 1. The van der Waals surface area contributed by atoms with E-state index in [4.69, 9.17) is 16.3 Å². The zero-order valence-electron chi connectivity index (χ0n) is 17.7. The average Bonchev–Trinajstić information content (AvgIpc) is 3.06. The van der Waals surface area contributed by atoms with Crippen LogP contribution in [0.25, 0.3) is 5.76 Å². The first-order chi connectivity index (χ1) is 15.7. The van der Waals surface area contributed by atoms with Gasteiger partial charge >= 0.3 is 0 Å². The van der Waals surface area contributed by atoms with Gasteiger partial charge in [-0.2, -0.15) is 0 Å². The summed E-state index contributed by atoms with van der Waals surface area (Å²) < 4.78 is 5.20. The number of ether oxygens (including phenoxy) is 1. The summed E-state index contributed by atoms with van der Waals surface area (Å²) in [6.07, 6.45) is 0. The number of phenols is 2. The first-order valence-electron chi connectivity index (χ1n) is 9.96. The number of aliphatic hydroxyl groups is 1. The number of halogens is 1. The molecule has 8 heteroatoms.